The molecule has 1 heterocycles. The Morgan fingerprint density at radius 1 is 1.29 bits per heavy atom. The van der Waals surface area contributed by atoms with Gasteiger partial charge in [0.15, 0.2) is 0 Å². The van der Waals surface area contributed by atoms with Gasteiger partial charge < -0.3 is 5.73 Å². The minimum Gasteiger partial charge on any atom is -0.321 e. The molecule has 2 unspecified atom stereocenters. The maximum Gasteiger partial charge on any atom is 0.0752 e. The second-order valence-electron chi connectivity index (χ2n) is 5.38. The van der Waals surface area contributed by atoms with Crippen molar-refractivity contribution in [1.82, 2.24) is 4.98 Å². The molecule has 88 valence electrons. The molecule has 17 heavy (non-hydrogen) atoms. The van der Waals surface area contributed by atoms with Crippen LogP contribution >= 0.6 is 0 Å². The molecule has 1 saturated carbocycles. The van der Waals surface area contributed by atoms with E-state index in [1.54, 1.807) is 0 Å². The number of nitrogens with zero attached hydrogens (tertiary/aromatic N) is 1. The van der Waals surface area contributed by atoms with Crippen LogP contribution < -0.4 is 5.73 Å². The Labute approximate surface area is 102 Å². The predicted octanol–water partition coefficient (Wildman–Crippen LogP) is 3.21. The summed E-state index contributed by atoms with van der Waals surface area (Å²) >= 11 is 0. The Kier molecular flexibility index (Phi) is 2.40. The van der Waals surface area contributed by atoms with Gasteiger partial charge in [-0.2, -0.15) is 0 Å². The standard InChI is InChI=1S/C15H18N2/c1-11-7-8-15(16,10-11)13-6-2-4-12-5-3-9-17-14(12)13/h2-6,9,11H,7-8,10,16H2,1H3. The van der Waals surface area contributed by atoms with Crippen LogP contribution in [0.4, 0.5) is 0 Å². The normalized spacial score (nSPS) is 28.7. The molecule has 0 spiro atoms. The van der Waals surface area contributed by atoms with Gasteiger partial charge in [0.2, 0.25) is 0 Å². The molecule has 0 amide bonds. The molecule has 3 rings (SSSR count). The van der Waals surface area contributed by atoms with Gasteiger partial charge in [-0.1, -0.05) is 31.2 Å². The van der Waals surface area contributed by atoms with Gasteiger partial charge in [0, 0.05) is 17.1 Å². The van der Waals surface area contributed by atoms with Gasteiger partial charge in [0.25, 0.3) is 0 Å². The van der Waals surface area contributed by atoms with Gasteiger partial charge in [-0.25, -0.2) is 0 Å². The van der Waals surface area contributed by atoms with Crippen molar-refractivity contribution >= 4 is 10.9 Å². The van der Waals surface area contributed by atoms with E-state index in [1.807, 2.05) is 12.3 Å². The summed E-state index contributed by atoms with van der Waals surface area (Å²) in [6.07, 6.45) is 5.22. The Hall–Kier alpha value is -1.41. The number of benzene rings is 1. The SMILES string of the molecule is CC1CCC(N)(c2cccc3cccnc23)C1. The van der Waals surface area contributed by atoms with Crippen molar-refractivity contribution < 1.29 is 0 Å². The molecule has 1 aliphatic rings. The monoisotopic (exact) mass is 226 g/mol. The number of nitrogens with two attached hydrogens (primary N) is 1. The van der Waals surface area contributed by atoms with Crippen LogP contribution in [-0.4, -0.2) is 4.98 Å². The summed E-state index contributed by atoms with van der Waals surface area (Å²) in [5, 5.41) is 1.19. The lowest BCUT2D eigenvalue weighted by molar-refractivity contribution is 0.443. The van der Waals surface area contributed by atoms with Crippen LogP contribution in [0.3, 0.4) is 0 Å². The maximum atomic E-state index is 6.60. The van der Waals surface area contributed by atoms with Gasteiger partial charge in [-0.15, -0.1) is 0 Å². The first kappa shape index (κ1) is 10.7. The van der Waals surface area contributed by atoms with Crippen LogP contribution in [0.25, 0.3) is 10.9 Å². The van der Waals surface area contributed by atoms with E-state index in [0.717, 1.165) is 24.3 Å². The van der Waals surface area contributed by atoms with E-state index >= 15 is 0 Å². The third kappa shape index (κ3) is 1.73. The average Bonchev–Trinajstić information content (AvgIpc) is 2.70. The predicted molar refractivity (Wildman–Crippen MR) is 70.6 cm³/mol. The summed E-state index contributed by atoms with van der Waals surface area (Å²) in [6.45, 7) is 2.28. The summed E-state index contributed by atoms with van der Waals surface area (Å²) in [5.74, 6) is 0.721. The van der Waals surface area contributed by atoms with Gasteiger partial charge in [-0.3, -0.25) is 4.98 Å². The average molecular weight is 226 g/mol. The zero-order valence-corrected chi connectivity index (χ0v) is 10.2. The van der Waals surface area contributed by atoms with E-state index in [9.17, 15) is 0 Å². The Morgan fingerprint density at radius 2 is 2.12 bits per heavy atom. The van der Waals surface area contributed by atoms with Crippen LogP contribution in [0.2, 0.25) is 0 Å². The number of hydrogen-bond donors (Lipinski definition) is 1. The first-order valence-electron chi connectivity index (χ1n) is 6.32. The Balaban J connectivity index is 2.17. The van der Waals surface area contributed by atoms with E-state index in [1.165, 1.54) is 17.4 Å². The van der Waals surface area contributed by atoms with Crippen LogP contribution in [-0.2, 0) is 5.54 Å². The molecule has 1 aliphatic carbocycles. The fraction of sp³-hybridized carbons (Fsp3) is 0.400. The second kappa shape index (κ2) is 3.81. The van der Waals surface area contributed by atoms with Gasteiger partial charge in [0.1, 0.15) is 0 Å². The highest BCUT2D eigenvalue weighted by atomic mass is 14.8. The van der Waals surface area contributed by atoms with Crippen molar-refractivity contribution in [3.05, 3.63) is 42.1 Å². The van der Waals surface area contributed by atoms with E-state index < -0.39 is 0 Å². The molecule has 0 aliphatic heterocycles. The molecule has 2 N–H and O–H groups in total. The minimum atomic E-state index is -0.173. The minimum absolute atomic E-state index is 0.173. The van der Waals surface area contributed by atoms with E-state index in [-0.39, 0.29) is 5.54 Å². The lowest BCUT2D eigenvalue weighted by Crippen LogP contribution is -2.33. The van der Waals surface area contributed by atoms with E-state index in [4.69, 9.17) is 5.73 Å². The molecule has 2 heteroatoms. The molecule has 1 fully saturated rings. The lowest BCUT2D eigenvalue weighted by Gasteiger charge is -2.25. The van der Waals surface area contributed by atoms with Crippen molar-refractivity contribution in [2.75, 3.05) is 0 Å². The Morgan fingerprint density at radius 3 is 2.88 bits per heavy atom. The third-order valence-corrected chi connectivity index (χ3v) is 3.97. The van der Waals surface area contributed by atoms with Crippen molar-refractivity contribution in [1.29, 1.82) is 0 Å². The highest BCUT2D eigenvalue weighted by Gasteiger charge is 2.36. The topological polar surface area (TPSA) is 38.9 Å². The number of fused-ring (bicyclic) bond motifs is 1. The summed E-state index contributed by atoms with van der Waals surface area (Å²) in [7, 11) is 0. The van der Waals surface area contributed by atoms with Crippen LogP contribution in [0, 0.1) is 5.92 Å². The van der Waals surface area contributed by atoms with E-state index in [0.29, 0.717) is 0 Å². The number of aromatic nitrogens is 1. The van der Waals surface area contributed by atoms with Crippen molar-refractivity contribution in [2.45, 2.75) is 31.7 Å². The Bertz CT molecular complexity index is 544. The van der Waals surface area contributed by atoms with Gasteiger partial charge >= 0.3 is 0 Å². The lowest BCUT2D eigenvalue weighted by atomic mass is 9.87. The summed E-state index contributed by atoms with van der Waals surface area (Å²) in [4.78, 5) is 4.52. The fourth-order valence-corrected chi connectivity index (χ4v) is 3.08. The maximum absolute atomic E-state index is 6.60. The highest BCUT2D eigenvalue weighted by molar-refractivity contribution is 5.82. The molecule has 2 aromatic rings. The molecule has 2 nitrogen and oxygen atoms in total. The first-order chi connectivity index (χ1) is 8.19. The number of pyridine rings is 1. The smallest absolute Gasteiger partial charge is 0.0752 e. The van der Waals surface area contributed by atoms with Crippen molar-refractivity contribution in [3.63, 3.8) is 0 Å². The largest absolute Gasteiger partial charge is 0.321 e. The summed E-state index contributed by atoms with van der Waals surface area (Å²) < 4.78 is 0. The molecule has 0 radical (unpaired) electrons. The molecular weight excluding hydrogens is 208 g/mol. The third-order valence-electron chi connectivity index (χ3n) is 3.97. The zero-order valence-electron chi connectivity index (χ0n) is 10.2. The highest BCUT2D eigenvalue weighted by Crippen LogP contribution is 2.41. The molecular formula is C15H18N2. The van der Waals surface area contributed by atoms with Gasteiger partial charge in [0.05, 0.1) is 5.52 Å². The van der Waals surface area contributed by atoms with Crippen LogP contribution in [0.15, 0.2) is 36.5 Å². The number of rotatable bonds is 1. The van der Waals surface area contributed by atoms with E-state index in [2.05, 4.69) is 36.2 Å². The van der Waals surface area contributed by atoms with Crippen LogP contribution in [0.1, 0.15) is 31.7 Å². The van der Waals surface area contributed by atoms with Crippen LogP contribution in [0.5, 0.6) is 0 Å². The molecule has 0 saturated heterocycles. The first-order valence-corrected chi connectivity index (χ1v) is 6.32. The zero-order chi connectivity index (χ0) is 11.9. The quantitative estimate of drug-likeness (QED) is 0.811. The van der Waals surface area contributed by atoms with Gasteiger partial charge in [-0.05, 0) is 36.8 Å². The number of hydrogen-bond acceptors (Lipinski definition) is 2. The molecule has 0 bridgehead atoms. The fourth-order valence-electron chi connectivity index (χ4n) is 3.08. The number of para-hydroxylation sites is 1. The van der Waals surface area contributed by atoms with Crippen molar-refractivity contribution in [2.24, 2.45) is 11.7 Å². The van der Waals surface area contributed by atoms with Crippen molar-refractivity contribution in [3.8, 4) is 0 Å². The second-order valence-corrected chi connectivity index (χ2v) is 5.38. The molecule has 1 aromatic heterocycles. The molecule has 1 aromatic carbocycles. The summed E-state index contributed by atoms with van der Waals surface area (Å²) in [6, 6.07) is 10.4. The molecule has 2 atom stereocenters. The summed E-state index contributed by atoms with van der Waals surface area (Å²) in [5.41, 5.74) is 8.72.